The van der Waals surface area contributed by atoms with E-state index in [-0.39, 0.29) is 11.3 Å². The van der Waals surface area contributed by atoms with Crippen LogP contribution < -0.4 is 10.9 Å². The topological polar surface area (TPSA) is 146 Å². The van der Waals surface area contributed by atoms with Gasteiger partial charge >= 0.3 is 5.63 Å². The van der Waals surface area contributed by atoms with Crippen LogP contribution in [-0.2, 0) is 6.42 Å². The number of carbonyl (C=O) groups is 1. The maximum atomic E-state index is 12.5. The van der Waals surface area contributed by atoms with Gasteiger partial charge in [0.2, 0.25) is 0 Å². The number of hydrogen-bond acceptors (Lipinski definition) is 7. The normalized spacial score (nSPS) is 10.5. The minimum Gasteiger partial charge on any atom is -0.422 e. The van der Waals surface area contributed by atoms with Crippen LogP contribution in [0.25, 0.3) is 11.0 Å². The number of nitrogens with one attached hydrogen (secondary N) is 1. The molecule has 0 radical (unpaired) electrons. The number of nitro groups is 2. The summed E-state index contributed by atoms with van der Waals surface area (Å²) >= 11 is 0. The second-order valence-electron chi connectivity index (χ2n) is 5.95. The number of anilines is 1. The second-order valence-corrected chi connectivity index (χ2v) is 5.95. The zero-order chi connectivity index (χ0) is 21.1. The molecule has 0 saturated carbocycles. The van der Waals surface area contributed by atoms with E-state index in [9.17, 15) is 29.8 Å². The Balaban J connectivity index is 2.02. The van der Waals surface area contributed by atoms with Gasteiger partial charge in [0.1, 0.15) is 16.8 Å². The number of para-hydroxylation sites is 1. The second kappa shape index (κ2) is 7.72. The Kier molecular flexibility index (Phi) is 5.17. The average molecular weight is 395 g/mol. The predicted octanol–water partition coefficient (Wildman–Crippen LogP) is 3.59. The first-order chi connectivity index (χ1) is 13.8. The first-order valence-corrected chi connectivity index (χ1v) is 8.22. The summed E-state index contributed by atoms with van der Waals surface area (Å²) in [6, 6.07) is 9.21. The molecule has 146 valence electrons. The molecule has 10 heteroatoms. The predicted molar refractivity (Wildman–Crippen MR) is 104 cm³/mol. The summed E-state index contributed by atoms with van der Waals surface area (Å²) in [5, 5.41) is 24.7. The number of rotatable bonds is 6. The largest absolute Gasteiger partial charge is 0.422 e. The minimum atomic E-state index is -0.938. The lowest BCUT2D eigenvalue weighted by molar-refractivity contribution is -0.393. The molecule has 0 aliphatic heterocycles. The molecule has 1 N–H and O–H groups in total. The lowest BCUT2D eigenvalue weighted by Gasteiger charge is -2.07. The van der Waals surface area contributed by atoms with E-state index in [0.29, 0.717) is 23.0 Å². The van der Waals surface area contributed by atoms with E-state index in [0.717, 1.165) is 18.2 Å². The van der Waals surface area contributed by atoms with Crippen molar-refractivity contribution in [1.82, 2.24) is 0 Å². The standard InChI is InChI=1S/C19H13N3O7/c1-2-4-11-5-3-6-12-9-14(19(24)29-17(11)12)18(23)20-15-8-7-13(21(25)26)10-16(15)22(27)28/h2-3,5-10H,1,4H2,(H,20,23). The molecule has 0 aliphatic rings. The average Bonchev–Trinajstić information content (AvgIpc) is 2.68. The Morgan fingerprint density at radius 1 is 1.14 bits per heavy atom. The van der Waals surface area contributed by atoms with Gasteiger partial charge in [0.25, 0.3) is 17.3 Å². The first-order valence-electron chi connectivity index (χ1n) is 8.22. The van der Waals surface area contributed by atoms with Crippen LogP contribution in [0.2, 0.25) is 0 Å². The molecular weight excluding hydrogens is 382 g/mol. The molecule has 29 heavy (non-hydrogen) atoms. The fourth-order valence-electron chi connectivity index (χ4n) is 2.76. The monoisotopic (exact) mass is 395 g/mol. The number of amides is 1. The van der Waals surface area contributed by atoms with E-state index in [4.69, 9.17) is 4.42 Å². The summed E-state index contributed by atoms with van der Waals surface area (Å²) in [4.78, 5) is 45.2. The molecule has 0 atom stereocenters. The van der Waals surface area contributed by atoms with Gasteiger partial charge < -0.3 is 9.73 Å². The van der Waals surface area contributed by atoms with E-state index >= 15 is 0 Å². The van der Waals surface area contributed by atoms with Gasteiger partial charge in [-0.2, -0.15) is 0 Å². The van der Waals surface area contributed by atoms with Crippen molar-refractivity contribution in [3.63, 3.8) is 0 Å². The molecular formula is C19H13N3O7. The van der Waals surface area contributed by atoms with Gasteiger partial charge in [-0.1, -0.05) is 24.3 Å². The highest BCUT2D eigenvalue weighted by molar-refractivity contribution is 6.06. The Morgan fingerprint density at radius 3 is 2.55 bits per heavy atom. The lowest BCUT2D eigenvalue weighted by atomic mass is 10.1. The Hall–Kier alpha value is -4.34. The SMILES string of the molecule is C=CCc1cccc2cc(C(=O)Nc3ccc([N+](=O)[O-])cc3[N+](=O)[O-])c(=O)oc12. The molecule has 0 spiro atoms. The van der Waals surface area contributed by atoms with Crippen molar-refractivity contribution in [2.45, 2.75) is 6.42 Å². The van der Waals surface area contributed by atoms with Crippen molar-refractivity contribution >= 4 is 33.9 Å². The van der Waals surface area contributed by atoms with Crippen molar-refractivity contribution < 1.29 is 19.1 Å². The van der Waals surface area contributed by atoms with Gasteiger partial charge in [0, 0.05) is 11.5 Å². The van der Waals surface area contributed by atoms with Crippen LogP contribution in [0.15, 0.2) is 64.3 Å². The van der Waals surface area contributed by atoms with E-state index in [2.05, 4.69) is 11.9 Å². The van der Waals surface area contributed by atoms with Crippen LogP contribution in [0.4, 0.5) is 17.1 Å². The molecule has 1 heterocycles. The molecule has 0 aliphatic carbocycles. The summed E-state index contributed by atoms with van der Waals surface area (Å²) in [6.45, 7) is 3.64. The van der Waals surface area contributed by atoms with E-state index in [1.165, 1.54) is 6.07 Å². The van der Waals surface area contributed by atoms with Crippen molar-refractivity contribution in [3.8, 4) is 0 Å². The third-order valence-corrected chi connectivity index (χ3v) is 4.09. The fraction of sp³-hybridized carbons (Fsp3) is 0.0526. The Labute approximate surface area is 162 Å². The van der Waals surface area contributed by atoms with Gasteiger partial charge in [-0.15, -0.1) is 6.58 Å². The fourth-order valence-corrected chi connectivity index (χ4v) is 2.76. The number of carbonyl (C=O) groups excluding carboxylic acids is 1. The van der Waals surface area contributed by atoms with Crippen molar-refractivity contribution in [1.29, 1.82) is 0 Å². The highest BCUT2D eigenvalue weighted by Crippen LogP contribution is 2.29. The lowest BCUT2D eigenvalue weighted by Crippen LogP contribution is -2.21. The molecule has 3 rings (SSSR count). The number of benzene rings is 2. The summed E-state index contributed by atoms with van der Waals surface area (Å²) in [7, 11) is 0. The van der Waals surface area contributed by atoms with Crippen LogP contribution in [0, 0.1) is 20.2 Å². The van der Waals surface area contributed by atoms with Crippen molar-refractivity contribution in [2.75, 3.05) is 5.32 Å². The van der Waals surface area contributed by atoms with Crippen molar-refractivity contribution in [3.05, 3.63) is 96.9 Å². The molecule has 1 aromatic heterocycles. The van der Waals surface area contributed by atoms with Crippen molar-refractivity contribution in [2.24, 2.45) is 0 Å². The zero-order valence-corrected chi connectivity index (χ0v) is 14.8. The number of hydrogen-bond donors (Lipinski definition) is 1. The molecule has 1 amide bonds. The molecule has 0 fully saturated rings. The summed E-state index contributed by atoms with van der Waals surface area (Å²) < 4.78 is 5.28. The number of allylic oxidation sites excluding steroid dienone is 1. The van der Waals surface area contributed by atoms with Crippen LogP contribution in [0.5, 0.6) is 0 Å². The molecule has 0 bridgehead atoms. The zero-order valence-electron chi connectivity index (χ0n) is 14.8. The van der Waals surface area contributed by atoms with Gasteiger partial charge in [-0.25, -0.2) is 4.79 Å². The third kappa shape index (κ3) is 3.86. The number of fused-ring (bicyclic) bond motifs is 1. The van der Waals surface area contributed by atoms with E-state index < -0.39 is 32.8 Å². The van der Waals surface area contributed by atoms with Crippen LogP contribution in [0.3, 0.4) is 0 Å². The summed E-state index contributed by atoms with van der Waals surface area (Å²) in [5.41, 5.74) is -1.72. The molecule has 0 saturated heterocycles. The van der Waals surface area contributed by atoms with E-state index in [1.54, 1.807) is 24.3 Å². The van der Waals surface area contributed by atoms with E-state index in [1.807, 2.05) is 0 Å². The third-order valence-electron chi connectivity index (χ3n) is 4.09. The number of non-ortho nitro benzene ring substituents is 1. The Morgan fingerprint density at radius 2 is 1.90 bits per heavy atom. The number of nitrogens with zero attached hydrogens (tertiary/aromatic N) is 2. The quantitative estimate of drug-likeness (QED) is 0.290. The van der Waals surface area contributed by atoms with Gasteiger partial charge in [-0.05, 0) is 24.1 Å². The van der Waals surface area contributed by atoms with Crippen LogP contribution >= 0.6 is 0 Å². The minimum absolute atomic E-state index is 0.287. The number of nitro benzene ring substituents is 2. The van der Waals surface area contributed by atoms with Gasteiger partial charge in [0.05, 0.1) is 15.9 Å². The highest BCUT2D eigenvalue weighted by Gasteiger charge is 2.23. The Bertz CT molecular complexity index is 1230. The maximum absolute atomic E-state index is 12.5. The first kappa shape index (κ1) is 19.4. The maximum Gasteiger partial charge on any atom is 0.349 e. The highest BCUT2D eigenvalue weighted by atomic mass is 16.6. The van der Waals surface area contributed by atoms with Crippen LogP contribution in [-0.4, -0.2) is 15.8 Å². The van der Waals surface area contributed by atoms with Crippen LogP contribution in [0.1, 0.15) is 15.9 Å². The van der Waals surface area contributed by atoms with Gasteiger partial charge in [-0.3, -0.25) is 25.0 Å². The summed E-state index contributed by atoms with van der Waals surface area (Å²) in [6.07, 6.45) is 2.10. The van der Waals surface area contributed by atoms with Gasteiger partial charge in [0.15, 0.2) is 0 Å². The molecule has 3 aromatic rings. The summed E-state index contributed by atoms with van der Waals surface area (Å²) in [5.74, 6) is -0.938. The molecule has 10 nitrogen and oxygen atoms in total. The smallest absolute Gasteiger partial charge is 0.349 e. The molecule has 0 unspecified atom stereocenters. The molecule has 2 aromatic carbocycles.